The van der Waals surface area contributed by atoms with Crippen molar-refractivity contribution in [2.75, 3.05) is 53.3 Å². The lowest BCUT2D eigenvalue weighted by atomic mass is 9.81. The normalized spacial score (nSPS) is 19.7. The molecule has 0 unspecified atom stereocenters. The van der Waals surface area contributed by atoms with Gasteiger partial charge in [-0.3, -0.25) is 14.4 Å². The van der Waals surface area contributed by atoms with Gasteiger partial charge in [0.1, 0.15) is 11.6 Å². The van der Waals surface area contributed by atoms with Crippen LogP contribution in [-0.2, 0) is 22.2 Å². The fraction of sp³-hybridized carbons (Fsp3) is 0.613. The minimum Gasteiger partial charge on any atom is -0.495 e. The van der Waals surface area contributed by atoms with Crippen molar-refractivity contribution in [2.45, 2.75) is 63.6 Å². The Morgan fingerprint density at radius 1 is 1.11 bits per heavy atom. The quantitative estimate of drug-likeness (QED) is 0.188. The smallest absolute Gasteiger partial charge is 0.419 e. The maximum Gasteiger partial charge on any atom is 0.419 e. The zero-order chi connectivity index (χ0) is 32.7. The number of likely N-dealkylation sites (N-methyl/N-ethyl adjacent to an activating group) is 1. The van der Waals surface area contributed by atoms with Crippen LogP contribution in [0.25, 0.3) is 0 Å². The minimum absolute atomic E-state index is 0.00604. The molecule has 1 saturated heterocycles. The molecule has 1 aliphatic heterocycles. The third kappa shape index (κ3) is 9.10. The van der Waals surface area contributed by atoms with Gasteiger partial charge < -0.3 is 20.3 Å². The maximum atomic E-state index is 15.2. The lowest BCUT2D eigenvalue weighted by molar-refractivity contribution is -0.167. The molecule has 248 valence electrons. The number of likely N-dealkylation sites (tertiary alicyclic amines) is 1. The number of ketones is 1. The molecular formula is C31H42F4N6O4. The van der Waals surface area contributed by atoms with Crippen LogP contribution in [0.5, 0.6) is 5.75 Å². The molecule has 2 heterocycles. The number of carbonyl (C=O) groups excluding carboxylic acids is 2. The molecule has 1 aliphatic carbocycles. The summed E-state index contributed by atoms with van der Waals surface area (Å²) in [5.41, 5.74) is -1.19. The zero-order valence-corrected chi connectivity index (χ0v) is 26.2. The van der Waals surface area contributed by atoms with Gasteiger partial charge in [0, 0.05) is 31.8 Å². The lowest BCUT2D eigenvalue weighted by Gasteiger charge is -2.33. The van der Waals surface area contributed by atoms with Crippen molar-refractivity contribution in [1.82, 2.24) is 25.2 Å². The number of hydrogen-bond donors (Lipinski definition) is 2. The van der Waals surface area contributed by atoms with Gasteiger partial charge in [-0.1, -0.05) is 12.8 Å². The van der Waals surface area contributed by atoms with E-state index < -0.39 is 17.6 Å². The summed E-state index contributed by atoms with van der Waals surface area (Å²) in [6.45, 7) is 1.74. The number of halogens is 4. The number of piperidine rings is 1. The molecule has 0 radical (unpaired) electrons. The van der Waals surface area contributed by atoms with Crippen LogP contribution in [0.1, 0.15) is 66.6 Å². The molecule has 1 aromatic heterocycles. The molecule has 45 heavy (non-hydrogen) atoms. The Hall–Kier alpha value is -3.36. The van der Waals surface area contributed by atoms with Crippen LogP contribution in [0, 0.1) is 17.7 Å². The summed E-state index contributed by atoms with van der Waals surface area (Å²) in [7, 11) is 6.23. The Labute approximate surface area is 260 Å². The average molecular weight is 639 g/mol. The number of methoxy groups -OCH3 is 1. The largest absolute Gasteiger partial charge is 0.495 e. The number of aromatic nitrogens is 2. The van der Waals surface area contributed by atoms with Crippen molar-refractivity contribution in [2.24, 2.45) is 11.8 Å². The Bertz CT molecular complexity index is 1340. The van der Waals surface area contributed by atoms with E-state index in [1.807, 2.05) is 7.05 Å². The fourth-order valence-corrected chi connectivity index (χ4v) is 6.06. The van der Waals surface area contributed by atoms with Crippen molar-refractivity contribution in [3.05, 3.63) is 41.0 Å². The number of alkyl halides is 3. The first-order chi connectivity index (χ1) is 21.4. The van der Waals surface area contributed by atoms with E-state index in [-0.39, 0.29) is 77.6 Å². The number of benzene rings is 1. The number of nitrogens with zero attached hydrogens (tertiary/aromatic N) is 4. The molecular weight excluding hydrogens is 596 g/mol. The van der Waals surface area contributed by atoms with Crippen LogP contribution in [-0.4, -0.2) is 85.6 Å². The number of hydrogen-bond acceptors (Lipinski definition) is 9. The van der Waals surface area contributed by atoms with Gasteiger partial charge in [0.15, 0.2) is 5.78 Å². The van der Waals surface area contributed by atoms with Crippen molar-refractivity contribution in [3.63, 3.8) is 0 Å². The van der Waals surface area contributed by atoms with Crippen LogP contribution in [0.4, 0.5) is 29.2 Å². The van der Waals surface area contributed by atoms with Crippen molar-refractivity contribution in [1.29, 1.82) is 0 Å². The van der Waals surface area contributed by atoms with E-state index in [9.17, 15) is 22.8 Å². The molecule has 1 amide bonds. The maximum absolute atomic E-state index is 15.2. The molecule has 0 spiro atoms. The van der Waals surface area contributed by atoms with Gasteiger partial charge in [0.05, 0.1) is 43.3 Å². The van der Waals surface area contributed by atoms with Crippen LogP contribution in [0.3, 0.4) is 0 Å². The lowest BCUT2D eigenvalue weighted by Crippen LogP contribution is -2.45. The molecule has 2 aromatic rings. The van der Waals surface area contributed by atoms with Crippen LogP contribution in [0.2, 0.25) is 0 Å². The van der Waals surface area contributed by atoms with Gasteiger partial charge in [-0.25, -0.2) is 19.4 Å². The summed E-state index contributed by atoms with van der Waals surface area (Å²) in [5, 5.41) is 7.06. The first kappa shape index (κ1) is 34.5. The van der Waals surface area contributed by atoms with Crippen LogP contribution < -0.4 is 15.4 Å². The second-order valence-electron chi connectivity index (χ2n) is 11.9. The van der Waals surface area contributed by atoms with Crippen molar-refractivity contribution >= 4 is 23.3 Å². The van der Waals surface area contributed by atoms with Gasteiger partial charge in [-0.2, -0.15) is 13.2 Å². The van der Waals surface area contributed by atoms with E-state index in [2.05, 4.69) is 25.5 Å². The van der Waals surface area contributed by atoms with Crippen LogP contribution in [0.15, 0.2) is 18.3 Å². The molecule has 2 fully saturated rings. The third-order valence-electron chi connectivity index (χ3n) is 8.83. The number of nitrogens with one attached hydrogen (secondary N) is 2. The molecule has 1 aromatic carbocycles. The zero-order valence-electron chi connectivity index (χ0n) is 26.2. The van der Waals surface area contributed by atoms with Gasteiger partial charge >= 0.3 is 6.18 Å². The highest BCUT2D eigenvalue weighted by Crippen LogP contribution is 2.36. The predicted octanol–water partition coefficient (Wildman–Crippen LogP) is 5.01. The standard InChI is InChI=1S/C31H42F4N6O4/c1-40-11-9-19(10-12-40)13-27(42)21-15-28(44-3)26(16-23(21)32)39-30-37-17-22(31(33,34)35)25(38-30)14-20-7-5-6-8-24(20)36-18-29(43)41(2)45-4/h15-17,19-20,24,36H,5-14,18H2,1-4H3,(H,37,38,39)/t20-,24+/m0/s1. The number of carbonyl (C=O) groups is 2. The van der Waals surface area contributed by atoms with E-state index in [1.54, 1.807) is 0 Å². The third-order valence-corrected chi connectivity index (χ3v) is 8.83. The monoisotopic (exact) mass is 638 g/mol. The highest BCUT2D eigenvalue weighted by molar-refractivity contribution is 5.97. The van der Waals surface area contributed by atoms with Gasteiger partial charge in [-0.15, -0.1) is 0 Å². The Morgan fingerprint density at radius 3 is 2.49 bits per heavy atom. The highest BCUT2D eigenvalue weighted by atomic mass is 19.4. The van der Waals surface area contributed by atoms with E-state index in [1.165, 1.54) is 27.3 Å². The summed E-state index contributed by atoms with van der Waals surface area (Å²) in [6, 6.07) is 2.19. The molecule has 2 aliphatic rings. The van der Waals surface area contributed by atoms with E-state index in [4.69, 9.17) is 9.57 Å². The van der Waals surface area contributed by atoms with E-state index in [0.29, 0.717) is 12.8 Å². The molecule has 1 saturated carbocycles. The summed E-state index contributed by atoms with van der Waals surface area (Å²) < 4.78 is 62.7. The Kier molecular flexibility index (Phi) is 11.7. The van der Waals surface area contributed by atoms with Crippen molar-refractivity contribution in [3.8, 4) is 5.75 Å². The number of Topliss-reactive ketones (excluding diaryl/α,β-unsaturated/α-hetero) is 1. The SMILES string of the molecule is COc1cc(C(=O)CC2CCN(C)CC2)c(F)cc1Nc1ncc(C(F)(F)F)c(C[C@@H]2CCCC[C@H]2NCC(=O)N(C)OC)n1. The summed E-state index contributed by atoms with van der Waals surface area (Å²) in [6.07, 6.45) is 1.03. The minimum atomic E-state index is -4.69. The Balaban J connectivity index is 1.54. The number of rotatable bonds is 12. The second-order valence-corrected chi connectivity index (χ2v) is 11.9. The van der Waals surface area contributed by atoms with Gasteiger partial charge in [-0.05, 0) is 70.1 Å². The van der Waals surface area contributed by atoms with E-state index in [0.717, 1.165) is 56.1 Å². The second kappa shape index (κ2) is 15.3. The van der Waals surface area contributed by atoms with Crippen molar-refractivity contribution < 1.29 is 36.7 Å². The van der Waals surface area contributed by atoms with Crippen LogP contribution >= 0.6 is 0 Å². The summed E-state index contributed by atoms with van der Waals surface area (Å²) in [4.78, 5) is 40.4. The van der Waals surface area contributed by atoms with Gasteiger partial charge in [0.25, 0.3) is 5.91 Å². The van der Waals surface area contributed by atoms with E-state index >= 15 is 4.39 Å². The predicted molar refractivity (Wildman–Crippen MR) is 160 cm³/mol. The number of amides is 1. The molecule has 14 heteroatoms. The molecule has 0 bridgehead atoms. The summed E-state index contributed by atoms with van der Waals surface area (Å²) >= 11 is 0. The number of hydroxylamine groups is 2. The molecule has 4 rings (SSSR count). The Morgan fingerprint density at radius 2 is 1.82 bits per heavy atom. The average Bonchev–Trinajstić information content (AvgIpc) is 3.00. The number of anilines is 2. The topological polar surface area (TPSA) is 109 Å². The molecule has 2 atom stereocenters. The first-order valence-electron chi connectivity index (χ1n) is 15.2. The first-order valence-corrected chi connectivity index (χ1v) is 15.2. The summed E-state index contributed by atoms with van der Waals surface area (Å²) in [5.74, 6) is -1.48. The molecule has 2 N–H and O–H groups in total. The molecule has 10 nitrogen and oxygen atoms in total. The van der Waals surface area contributed by atoms with Gasteiger partial charge in [0.2, 0.25) is 5.95 Å². The fourth-order valence-electron chi connectivity index (χ4n) is 6.06. The number of ether oxygens (including phenoxy) is 1. The highest BCUT2D eigenvalue weighted by Gasteiger charge is 2.37.